The van der Waals surface area contributed by atoms with E-state index in [-0.39, 0.29) is 17.9 Å². The summed E-state index contributed by atoms with van der Waals surface area (Å²) in [5.41, 5.74) is 2.41. The molecule has 0 aliphatic carbocycles. The summed E-state index contributed by atoms with van der Waals surface area (Å²) in [5.74, 6) is 1.01. The fourth-order valence-electron chi connectivity index (χ4n) is 2.49. The summed E-state index contributed by atoms with van der Waals surface area (Å²) in [4.78, 5) is 23.4. The van der Waals surface area contributed by atoms with Crippen molar-refractivity contribution in [3.05, 3.63) is 59.2 Å². The molecular weight excluding hydrogens is 332 g/mol. The van der Waals surface area contributed by atoms with Crippen molar-refractivity contribution in [2.24, 2.45) is 0 Å². The molecule has 0 aromatic heterocycles. The molecule has 2 amide bonds. The van der Waals surface area contributed by atoms with Gasteiger partial charge >= 0.3 is 0 Å². The molecule has 0 spiro atoms. The number of nitrogens with one attached hydrogen (secondary N) is 2. The van der Waals surface area contributed by atoms with Gasteiger partial charge in [-0.25, -0.2) is 0 Å². The molecule has 26 heavy (non-hydrogen) atoms. The first-order chi connectivity index (χ1) is 12.4. The van der Waals surface area contributed by atoms with Crippen LogP contribution in [0.15, 0.2) is 42.5 Å². The fourth-order valence-corrected chi connectivity index (χ4v) is 2.49. The van der Waals surface area contributed by atoms with Crippen molar-refractivity contribution < 1.29 is 19.1 Å². The average molecular weight is 356 g/mol. The molecule has 1 unspecified atom stereocenters. The van der Waals surface area contributed by atoms with Gasteiger partial charge in [0.2, 0.25) is 5.91 Å². The van der Waals surface area contributed by atoms with Gasteiger partial charge in [-0.3, -0.25) is 9.59 Å². The highest BCUT2D eigenvalue weighted by molar-refractivity contribution is 5.94. The minimum absolute atomic E-state index is 0.0874. The molecule has 2 rings (SSSR count). The van der Waals surface area contributed by atoms with Gasteiger partial charge in [0, 0.05) is 19.0 Å². The number of rotatable bonds is 7. The molecule has 1 atom stereocenters. The maximum atomic E-state index is 12.4. The minimum Gasteiger partial charge on any atom is -0.493 e. The number of ether oxygens (including phenoxy) is 2. The Hall–Kier alpha value is -3.02. The Morgan fingerprint density at radius 2 is 1.65 bits per heavy atom. The van der Waals surface area contributed by atoms with Crippen LogP contribution in [-0.2, 0) is 11.3 Å². The highest BCUT2D eigenvalue weighted by atomic mass is 16.5. The van der Waals surface area contributed by atoms with Crippen molar-refractivity contribution in [3.63, 3.8) is 0 Å². The van der Waals surface area contributed by atoms with E-state index in [0.29, 0.717) is 23.6 Å². The molecule has 6 nitrogen and oxygen atoms in total. The van der Waals surface area contributed by atoms with Gasteiger partial charge in [-0.05, 0) is 42.3 Å². The Labute approximate surface area is 153 Å². The van der Waals surface area contributed by atoms with Gasteiger partial charge in [-0.2, -0.15) is 0 Å². The van der Waals surface area contributed by atoms with Crippen LogP contribution in [0.2, 0.25) is 0 Å². The molecule has 0 fully saturated rings. The lowest BCUT2D eigenvalue weighted by atomic mass is 10.1. The van der Waals surface area contributed by atoms with Crippen LogP contribution in [0, 0.1) is 0 Å². The van der Waals surface area contributed by atoms with E-state index in [2.05, 4.69) is 10.6 Å². The lowest BCUT2D eigenvalue weighted by Gasteiger charge is -2.17. The quantitative estimate of drug-likeness (QED) is 0.800. The maximum absolute atomic E-state index is 12.4. The van der Waals surface area contributed by atoms with Crippen LogP contribution < -0.4 is 20.1 Å². The minimum atomic E-state index is -0.193. The maximum Gasteiger partial charge on any atom is 0.251 e. The van der Waals surface area contributed by atoms with Gasteiger partial charge in [0.1, 0.15) is 0 Å². The van der Waals surface area contributed by atoms with E-state index >= 15 is 0 Å². The van der Waals surface area contributed by atoms with E-state index in [4.69, 9.17) is 9.47 Å². The predicted molar refractivity (Wildman–Crippen MR) is 99.4 cm³/mol. The number of amides is 2. The monoisotopic (exact) mass is 356 g/mol. The van der Waals surface area contributed by atoms with E-state index in [1.54, 1.807) is 26.4 Å². The number of benzene rings is 2. The van der Waals surface area contributed by atoms with E-state index in [9.17, 15) is 9.59 Å². The zero-order valence-corrected chi connectivity index (χ0v) is 15.5. The van der Waals surface area contributed by atoms with Crippen molar-refractivity contribution >= 4 is 11.8 Å². The van der Waals surface area contributed by atoms with Crippen molar-refractivity contribution in [2.45, 2.75) is 26.4 Å². The van der Waals surface area contributed by atoms with Crippen LogP contribution in [0.4, 0.5) is 0 Å². The Morgan fingerprint density at radius 3 is 2.23 bits per heavy atom. The first-order valence-corrected chi connectivity index (χ1v) is 8.30. The first kappa shape index (κ1) is 19.3. The first-order valence-electron chi connectivity index (χ1n) is 8.30. The zero-order valence-electron chi connectivity index (χ0n) is 15.5. The fraction of sp³-hybridized carbons (Fsp3) is 0.300. The van der Waals surface area contributed by atoms with Gasteiger partial charge < -0.3 is 20.1 Å². The Morgan fingerprint density at radius 1 is 1.00 bits per heavy atom. The van der Waals surface area contributed by atoms with Crippen LogP contribution in [0.1, 0.15) is 41.4 Å². The Kier molecular flexibility index (Phi) is 6.60. The third kappa shape index (κ3) is 4.99. The van der Waals surface area contributed by atoms with Gasteiger partial charge in [0.05, 0.1) is 20.3 Å². The van der Waals surface area contributed by atoms with Gasteiger partial charge in [-0.15, -0.1) is 0 Å². The second kappa shape index (κ2) is 8.89. The molecular formula is C20H24N2O4. The van der Waals surface area contributed by atoms with E-state index < -0.39 is 0 Å². The lowest BCUT2D eigenvalue weighted by molar-refractivity contribution is -0.119. The van der Waals surface area contributed by atoms with E-state index in [0.717, 1.165) is 11.1 Å². The van der Waals surface area contributed by atoms with E-state index in [1.165, 1.54) is 6.92 Å². The third-order valence-electron chi connectivity index (χ3n) is 4.01. The summed E-state index contributed by atoms with van der Waals surface area (Å²) in [6.45, 7) is 3.82. The smallest absolute Gasteiger partial charge is 0.251 e. The predicted octanol–water partition coefficient (Wildman–Crippen LogP) is 2.83. The second-order valence-corrected chi connectivity index (χ2v) is 5.92. The molecule has 0 aliphatic heterocycles. The van der Waals surface area contributed by atoms with Crippen molar-refractivity contribution in [1.29, 1.82) is 0 Å². The molecule has 6 heteroatoms. The standard InChI is InChI=1S/C20H24N2O4/c1-13(17-9-10-18(25-3)19(11-17)26-4)22-20(24)16-7-5-15(6-8-16)12-21-14(2)23/h5-11,13H,12H2,1-4H3,(H,21,23)(H,22,24). The molecule has 2 aromatic rings. The van der Waals surface area contributed by atoms with Crippen molar-refractivity contribution in [2.75, 3.05) is 14.2 Å². The van der Waals surface area contributed by atoms with Crippen LogP contribution >= 0.6 is 0 Å². The van der Waals surface area contributed by atoms with Crippen molar-refractivity contribution in [1.82, 2.24) is 10.6 Å². The number of hydrogen-bond donors (Lipinski definition) is 2. The van der Waals surface area contributed by atoms with Crippen LogP contribution in [0.3, 0.4) is 0 Å². The van der Waals surface area contributed by atoms with Gasteiger partial charge in [0.15, 0.2) is 11.5 Å². The molecule has 0 aliphatic rings. The molecule has 138 valence electrons. The topological polar surface area (TPSA) is 76.7 Å². The number of methoxy groups -OCH3 is 2. The lowest BCUT2D eigenvalue weighted by Crippen LogP contribution is -2.26. The van der Waals surface area contributed by atoms with Gasteiger partial charge in [-0.1, -0.05) is 18.2 Å². The molecule has 0 heterocycles. The normalized spacial score (nSPS) is 11.4. The number of carbonyl (C=O) groups excluding carboxylic acids is 2. The molecule has 2 aromatic carbocycles. The summed E-state index contributed by atoms with van der Waals surface area (Å²) in [7, 11) is 3.16. The molecule has 0 radical (unpaired) electrons. The third-order valence-corrected chi connectivity index (χ3v) is 4.01. The zero-order chi connectivity index (χ0) is 19.1. The summed E-state index contributed by atoms with van der Waals surface area (Å²) < 4.78 is 10.5. The second-order valence-electron chi connectivity index (χ2n) is 5.92. The summed E-state index contributed by atoms with van der Waals surface area (Å²) in [5, 5.41) is 5.69. The van der Waals surface area contributed by atoms with Gasteiger partial charge in [0.25, 0.3) is 5.91 Å². The highest BCUT2D eigenvalue weighted by Crippen LogP contribution is 2.29. The Bertz CT molecular complexity index is 772. The molecule has 0 bridgehead atoms. The highest BCUT2D eigenvalue weighted by Gasteiger charge is 2.14. The van der Waals surface area contributed by atoms with Crippen LogP contribution in [0.25, 0.3) is 0 Å². The number of hydrogen-bond acceptors (Lipinski definition) is 4. The molecule has 0 saturated carbocycles. The van der Waals surface area contributed by atoms with E-state index in [1.807, 2.05) is 37.3 Å². The van der Waals surface area contributed by atoms with Crippen molar-refractivity contribution in [3.8, 4) is 11.5 Å². The largest absolute Gasteiger partial charge is 0.493 e. The molecule has 2 N–H and O–H groups in total. The van der Waals surface area contributed by atoms with Crippen LogP contribution in [-0.4, -0.2) is 26.0 Å². The molecule has 0 saturated heterocycles. The van der Waals surface area contributed by atoms with Crippen LogP contribution in [0.5, 0.6) is 11.5 Å². The number of carbonyl (C=O) groups is 2. The average Bonchev–Trinajstić information content (AvgIpc) is 2.65. The summed E-state index contributed by atoms with van der Waals surface area (Å²) in [6, 6.07) is 12.5. The summed E-state index contributed by atoms with van der Waals surface area (Å²) >= 11 is 0. The SMILES string of the molecule is COc1ccc(C(C)NC(=O)c2ccc(CNC(C)=O)cc2)cc1OC. The summed E-state index contributed by atoms with van der Waals surface area (Å²) in [6.07, 6.45) is 0. The Balaban J connectivity index is 2.03.